The lowest BCUT2D eigenvalue weighted by Gasteiger charge is -2.09. The Morgan fingerprint density at radius 1 is 0.400 bits per heavy atom. The Bertz CT molecular complexity index is 1170. The average molecular weight is 545 g/mol. The molecule has 0 saturated carbocycles. The van der Waals surface area contributed by atoms with Gasteiger partial charge in [-0.05, 0) is 33.4 Å². The van der Waals surface area contributed by atoms with E-state index in [0.717, 1.165) is 33.4 Å². The van der Waals surface area contributed by atoms with Gasteiger partial charge in [-0.3, -0.25) is 19.2 Å². The molecule has 3 aromatic carbocycles. The predicted octanol–water partition coefficient (Wildman–Crippen LogP) is 1.25. The van der Waals surface area contributed by atoms with Crippen molar-refractivity contribution >= 4 is 23.6 Å². The van der Waals surface area contributed by atoms with Crippen molar-refractivity contribution < 1.29 is 19.2 Å². The number of carbonyl (C=O) groups is 4. The van der Waals surface area contributed by atoms with Crippen molar-refractivity contribution in [3.05, 3.63) is 106 Å². The topological polar surface area (TPSA) is 168 Å². The van der Waals surface area contributed by atoms with Crippen molar-refractivity contribution in [2.75, 3.05) is 0 Å². The molecular formula is C30H36N6O4. The van der Waals surface area contributed by atoms with Crippen LogP contribution < -0.4 is 32.7 Å². The van der Waals surface area contributed by atoms with Crippen LogP contribution in [0, 0.1) is 0 Å². The SMILES string of the molecule is NCc1ccc(CNC(=O)CC(=O)NCc2ccc(CNC(=O)CC(=O)NCc3ccc(CN)cc3)cc2)cc1. The number of nitrogens with two attached hydrogens (primary N) is 2. The predicted molar refractivity (Wildman–Crippen MR) is 152 cm³/mol. The van der Waals surface area contributed by atoms with E-state index >= 15 is 0 Å². The normalized spacial score (nSPS) is 10.4. The number of rotatable bonds is 14. The quantitative estimate of drug-likeness (QED) is 0.167. The van der Waals surface area contributed by atoms with E-state index in [9.17, 15) is 19.2 Å². The van der Waals surface area contributed by atoms with Crippen LogP contribution in [0.5, 0.6) is 0 Å². The summed E-state index contributed by atoms with van der Waals surface area (Å²) < 4.78 is 0. The van der Waals surface area contributed by atoms with Crippen LogP contribution in [0.25, 0.3) is 0 Å². The largest absolute Gasteiger partial charge is 0.352 e. The third kappa shape index (κ3) is 10.7. The smallest absolute Gasteiger partial charge is 0.229 e. The first-order chi connectivity index (χ1) is 19.3. The number of amides is 4. The molecule has 0 aromatic heterocycles. The number of carbonyl (C=O) groups excluding carboxylic acids is 4. The fourth-order valence-electron chi connectivity index (χ4n) is 3.71. The molecule has 3 aromatic rings. The number of nitrogens with one attached hydrogen (secondary N) is 4. The first-order valence-corrected chi connectivity index (χ1v) is 13.0. The highest BCUT2D eigenvalue weighted by Gasteiger charge is 2.11. The van der Waals surface area contributed by atoms with Crippen LogP contribution in [0.2, 0.25) is 0 Å². The molecule has 210 valence electrons. The Morgan fingerprint density at radius 3 is 0.800 bits per heavy atom. The van der Waals surface area contributed by atoms with Gasteiger partial charge in [-0.25, -0.2) is 0 Å². The number of hydrogen-bond acceptors (Lipinski definition) is 6. The summed E-state index contributed by atoms with van der Waals surface area (Å²) in [6, 6.07) is 22.5. The summed E-state index contributed by atoms with van der Waals surface area (Å²) in [6.45, 7) is 2.13. The molecule has 0 saturated heterocycles. The second-order valence-electron chi connectivity index (χ2n) is 9.32. The Morgan fingerprint density at radius 2 is 0.600 bits per heavy atom. The van der Waals surface area contributed by atoms with Crippen LogP contribution in [0.3, 0.4) is 0 Å². The van der Waals surface area contributed by atoms with Crippen LogP contribution in [0.15, 0.2) is 72.8 Å². The van der Waals surface area contributed by atoms with E-state index < -0.39 is 0 Å². The van der Waals surface area contributed by atoms with Crippen molar-refractivity contribution in [3.8, 4) is 0 Å². The van der Waals surface area contributed by atoms with Gasteiger partial charge in [0.25, 0.3) is 0 Å². The fraction of sp³-hybridized carbons (Fsp3) is 0.267. The molecule has 10 nitrogen and oxygen atoms in total. The summed E-state index contributed by atoms with van der Waals surface area (Å²) in [6.07, 6.45) is -0.529. The molecular weight excluding hydrogens is 508 g/mol. The van der Waals surface area contributed by atoms with Gasteiger partial charge >= 0.3 is 0 Å². The van der Waals surface area contributed by atoms with Crippen molar-refractivity contribution in [3.63, 3.8) is 0 Å². The molecule has 4 amide bonds. The van der Waals surface area contributed by atoms with E-state index in [-0.39, 0.29) is 49.6 Å². The van der Waals surface area contributed by atoms with E-state index in [1.807, 2.05) is 72.8 Å². The lowest BCUT2D eigenvalue weighted by atomic mass is 10.1. The Kier molecular flexibility index (Phi) is 11.8. The molecule has 10 heteroatoms. The van der Waals surface area contributed by atoms with Crippen LogP contribution >= 0.6 is 0 Å². The van der Waals surface area contributed by atoms with Crippen molar-refractivity contribution in [1.82, 2.24) is 21.3 Å². The third-order valence-electron chi connectivity index (χ3n) is 6.14. The standard InChI is InChI=1S/C30H36N6O4/c31-15-21-1-5-23(6-2-21)17-33-27(37)13-29(39)35-19-25-9-11-26(12-10-25)20-36-30(40)14-28(38)34-18-24-7-3-22(16-32)4-8-24/h1-12H,13-20,31-32H2,(H,33,37)(H,34,38)(H,35,39)(H,36,40). The molecule has 0 aliphatic heterocycles. The summed E-state index contributed by atoms with van der Waals surface area (Å²) in [5, 5.41) is 10.9. The van der Waals surface area contributed by atoms with E-state index in [2.05, 4.69) is 21.3 Å². The molecule has 8 N–H and O–H groups in total. The first kappa shape index (κ1) is 30.0. The lowest BCUT2D eigenvalue weighted by Crippen LogP contribution is -2.31. The molecule has 0 aliphatic carbocycles. The highest BCUT2D eigenvalue weighted by Crippen LogP contribution is 2.06. The van der Waals surface area contributed by atoms with Gasteiger partial charge in [0.1, 0.15) is 12.8 Å². The van der Waals surface area contributed by atoms with E-state index in [1.165, 1.54) is 0 Å². The van der Waals surface area contributed by atoms with Crippen LogP contribution in [-0.2, 0) is 58.4 Å². The monoisotopic (exact) mass is 544 g/mol. The van der Waals surface area contributed by atoms with Gasteiger partial charge in [0, 0.05) is 39.3 Å². The number of hydrogen-bond donors (Lipinski definition) is 6. The summed E-state index contributed by atoms with van der Waals surface area (Å²) in [5.74, 6) is -1.47. The van der Waals surface area contributed by atoms with Crippen LogP contribution in [0.1, 0.15) is 46.2 Å². The van der Waals surface area contributed by atoms with Crippen molar-refractivity contribution in [1.29, 1.82) is 0 Å². The first-order valence-electron chi connectivity index (χ1n) is 13.0. The van der Waals surface area contributed by atoms with Gasteiger partial charge in [-0.15, -0.1) is 0 Å². The maximum absolute atomic E-state index is 12.1. The Balaban J connectivity index is 1.30. The minimum Gasteiger partial charge on any atom is -0.352 e. The molecule has 40 heavy (non-hydrogen) atoms. The highest BCUT2D eigenvalue weighted by atomic mass is 16.2. The molecule has 0 bridgehead atoms. The summed E-state index contributed by atoms with van der Waals surface area (Å²) >= 11 is 0. The Hall–Kier alpha value is -4.54. The second-order valence-corrected chi connectivity index (χ2v) is 9.32. The zero-order valence-electron chi connectivity index (χ0n) is 22.4. The number of benzene rings is 3. The van der Waals surface area contributed by atoms with Gasteiger partial charge in [0.15, 0.2) is 0 Å². The minimum atomic E-state index is -0.377. The van der Waals surface area contributed by atoms with Crippen LogP contribution in [0.4, 0.5) is 0 Å². The Labute approximate surface area is 233 Å². The molecule has 0 radical (unpaired) electrons. The maximum Gasteiger partial charge on any atom is 0.229 e. The minimum absolute atomic E-state index is 0.265. The average Bonchev–Trinajstić information content (AvgIpc) is 2.98. The van der Waals surface area contributed by atoms with Crippen LogP contribution in [-0.4, -0.2) is 23.6 Å². The van der Waals surface area contributed by atoms with Gasteiger partial charge in [0.2, 0.25) is 23.6 Å². The van der Waals surface area contributed by atoms with Gasteiger partial charge in [-0.2, -0.15) is 0 Å². The molecule has 0 fully saturated rings. The van der Waals surface area contributed by atoms with Gasteiger partial charge in [0.05, 0.1) is 0 Å². The van der Waals surface area contributed by atoms with Crippen molar-refractivity contribution in [2.24, 2.45) is 11.5 Å². The van der Waals surface area contributed by atoms with Gasteiger partial charge < -0.3 is 32.7 Å². The lowest BCUT2D eigenvalue weighted by molar-refractivity contribution is -0.131. The zero-order valence-corrected chi connectivity index (χ0v) is 22.4. The molecule has 3 rings (SSSR count). The molecule has 0 spiro atoms. The summed E-state index contributed by atoms with van der Waals surface area (Å²) in [4.78, 5) is 48.4. The molecule has 0 unspecified atom stereocenters. The van der Waals surface area contributed by atoms with Gasteiger partial charge in [-0.1, -0.05) is 72.8 Å². The zero-order chi connectivity index (χ0) is 28.7. The third-order valence-corrected chi connectivity index (χ3v) is 6.14. The summed E-state index contributed by atoms with van der Waals surface area (Å²) in [7, 11) is 0. The van der Waals surface area contributed by atoms with E-state index in [4.69, 9.17) is 11.5 Å². The molecule has 0 aliphatic rings. The molecule has 0 atom stereocenters. The van der Waals surface area contributed by atoms with E-state index in [0.29, 0.717) is 26.2 Å². The van der Waals surface area contributed by atoms with Crippen molar-refractivity contribution in [2.45, 2.75) is 52.1 Å². The van der Waals surface area contributed by atoms with E-state index in [1.54, 1.807) is 0 Å². The fourth-order valence-corrected chi connectivity index (χ4v) is 3.71. The highest BCUT2D eigenvalue weighted by molar-refractivity contribution is 5.97. The summed E-state index contributed by atoms with van der Waals surface area (Å²) in [5.41, 5.74) is 16.7. The maximum atomic E-state index is 12.1. The molecule has 0 heterocycles. The second kappa shape index (κ2) is 15.8.